The van der Waals surface area contributed by atoms with E-state index in [2.05, 4.69) is 21.2 Å². The second-order valence-electron chi connectivity index (χ2n) is 5.28. The molecular weight excluding hydrogens is 378 g/mol. The van der Waals surface area contributed by atoms with Crippen molar-refractivity contribution in [2.75, 3.05) is 11.9 Å². The number of rotatable bonds is 4. The van der Waals surface area contributed by atoms with Crippen LogP contribution in [0.5, 0.6) is 5.75 Å². The minimum atomic E-state index is -0.987. The van der Waals surface area contributed by atoms with Crippen molar-refractivity contribution in [1.82, 2.24) is 0 Å². The van der Waals surface area contributed by atoms with E-state index in [-0.39, 0.29) is 41.0 Å². The van der Waals surface area contributed by atoms with Crippen LogP contribution in [-0.4, -0.2) is 34.3 Å². The van der Waals surface area contributed by atoms with Crippen LogP contribution in [0.1, 0.15) is 38.3 Å². The Balaban J connectivity index is 2.16. The number of aromatic hydroxyl groups is 1. The van der Waals surface area contributed by atoms with Gasteiger partial charge in [-0.2, -0.15) is 0 Å². The number of fused-ring (bicyclic) bond motifs is 2. The molecule has 7 heteroatoms. The summed E-state index contributed by atoms with van der Waals surface area (Å²) in [4.78, 5) is 36.2. The zero-order valence-corrected chi connectivity index (χ0v) is 13.9. The predicted molar refractivity (Wildman–Crippen MR) is 89.9 cm³/mol. The highest BCUT2D eigenvalue weighted by atomic mass is 79.9. The average Bonchev–Trinajstić information content (AvgIpc) is 2.54. The molecule has 6 nitrogen and oxygen atoms in total. The highest BCUT2D eigenvalue weighted by molar-refractivity contribution is 9.10. The Morgan fingerprint density at radius 3 is 2.25 bits per heavy atom. The number of hydrogen-bond acceptors (Lipinski definition) is 5. The van der Waals surface area contributed by atoms with Crippen LogP contribution >= 0.6 is 15.9 Å². The molecule has 0 radical (unpaired) electrons. The van der Waals surface area contributed by atoms with E-state index in [0.29, 0.717) is 10.2 Å². The molecule has 1 aliphatic rings. The number of phenols is 1. The zero-order chi connectivity index (χ0) is 17.4. The fraction of sp³-hybridized carbons (Fsp3) is 0.118. The van der Waals surface area contributed by atoms with Gasteiger partial charge in [-0.05, 0) is 22.0 Å². The monoisotopic (exact) mass is 389 g/mol. The zero-order valence-electron chi connectivity index (χ0n) is 12.3. The first kappa shape index (κ1) is 16.2. The van der Waals surface area contributed by atoms with Gasteiger partial charge in [0.1, 0.15) is 5.75 Å². The van der Waals surface area contributed by atoms with Gasteiger partial charge in [0.05, 0.1) is 23.2 Å². The van der Waals surface area contributed by atoms with Crippen molar-refractivity contribution in [2.45, 2.75) is 6.42 Å². The van der Waals surface area contributed by atoms with Crippen LogP contribution in [-0.2, 0) is 4.79 Å². The first-order chi connectivity index (χ1) is 11.4. The summed E-state index contributed by atoms with van der Waals surface area (Å²) >= 11 is 3.25. The molecule has 0 atom stereocenters. The van der Waals surface area contributed by atoms with Gasteiger partial charge in [-0.1, -0.05) is 24.3 Å². The number of hydrogen-bond donors (Lipinski definition) is 3. The number of nitrogens with one attached hydrogen (secondary N) is 1. The van der Waals surface area contributed by atoms with Gasteiger partial charge in [-0.25, -0.2) is 0 Å². The van der Waals surface area contributed by atoms with Crippen molar-refractivity contribution in [3.8, 4) is 5.75 Å². The van der Waals surface area contributed by atoms with Crippen molar-refractivity contribution in [2.24, 2.45) is 0 Å². The van der Waals surface area contributed by atoms with Crippen LogP contribution in [0.15, 0.2) is 34.8 Å². The maximum Gasteiger partial charge on any atom is 0.305 e. The Kier molecular flexibility index (Phi) is 4.11. The van der Waals surface area contributed by atoms with Crippen molar-refractivity contribution in [3.05, 3.63) is 57.1 Å². The number of halogens is 1. The number of carboxylic acids is 1. The quantitative estimate of drug-likeness (QED) is 0.592. The summed E-state index contributed by atoms with van der Waals surface area (Å²) in [6.45, 7) is 0.0776. The Labute approximate surface area is 145 Å². The van der Waals surface area contributed by atoms with Crippen LogP contribution in [0.25, 0.3) is 0 Å². The topological polar surface area (TPSA) is 104 Å². The highest BCUT2D eigenvalue weighted by Gasteiger charge is 2.35. The molecule has 2 aromatic rings. The number of anilines is 1. The van der Waals surface area contributed by atoms with Crippen LogP contribution in [0.2, 0.25) is 0 Å². The first-order valence-electron chi connectivity index (χ1n) is 7.11. The number of ketones is 2. The van der Waals surface area contributed by atoms with E-state index in [9.17, 15) is 19.5 Å². The van der Waals surface area contributed by atoms with E-state index in [1.54, 1.807) is 18.2 Å². The van der Waals surface area contributed by atoms with Gasteiger partial charge >= 0.3 is 5.97 Å². The fourth-order valence-electron chi connectivity index (χ4n) is 2.71. The lowest BCUT2D eigenvalue weighted by Gasteiger charge is -2.22. The Hall–Kier alpha value is -2.67. The Morgan fingerprint density at radius 2 is 1.67 bits per heavy atom. The molecule has 0 amide bonds. The normalized spacial score (nSPS) is 12.5. The molecular formula is C17H12BrNO5. The number of phenolic OH excluding ortho intramolecular Hbond substituents is 1. The van der Waals surface area contributed by atoms with Gasteiger partial charge in [0, 0.05) is 22.1 Å². The third kappa shape index (κ3) is 2.56. The molecule has 1 aliphatic carbocycles. The maximum absolute atomic E-state index is 12.8. The predicted octanol–water partition coefficient (Wildman–Crippen LogP) is 2.82. The van der Waals surface area contributed by atoms with Crippen LogP contribution in [0.3, 0.4) is 0 Å². The molecule has 3 rings (SSSR count). The lowest BCUT2D eigenvalue weighted by atomic mass is 9.82. The minimum absolute atomic E-state index is 0.0518. The summed E-state index contributed by atoms with van der Waals surface area (Å²) in [5, 5.41) is 21.8. The molecule has 0 aromatic heterocycles. The average molecular weight is 390 g/mol. The van der Waals surface area contributed by atoms with E-state index >= 15 is 0 Å². The maximum atomic E-state index is 12.8. The molecule has 2 aromatic carbocycles. The van der Waals surface area contributed by atoms with Gasteiger partial charge in [-0.15, -0.1) is 0 Å². The van der Waals surface area contributed by atoms with Crippen molar-refractivity contribution in [3.63, 3.8) is 0 Å². The third-order valence-electron chi connectivity index (χ3n) is 3.77. The van der Waals surface area contributed by atoms with Gasteiger partial charge in [0.2, 0.25) is 0 Å². The molecule has 0 saturated carbocycles. The summed E-state index contributed by atoms with van der Waals surface area (Å²) in [5.74, 6) is -2.12. The highest BCUT2D eigenvalue weighted by Crippen LogP contribution is 2.41. The molecule has 0 bridgehead atoms. The number of aliphatic carboxylic acids is 1. The van der Waals surface area contributed by atoms with Crippen LogP contribution in [0, 0.1) is 0 Å². The van der Waals surface area contributed by atoms with E-state index in [1.807, 2.05) is 0 Å². The van der Waals surface area contributed by atoms with Crippen LogP contribution in [0.4, 0.5) is 5.69 Å². The lowest BCUT2D eigenvalue weighted by Crippen LogP contribution is -2.23. The SMILES string of the molecule is O=C(O)CCNc1c(Br)cc(O)c2c1C(=O)c1ccccc1C2=O. The smallest absolute Gasteiger partial charge is 0.305 e. The lowest BCUT2D eigenvalue weighted by molar-refractivity contribution is -0.136. The Morgan fingerprint density at radius 1 is 1.08 bits per heavy atom. The largest absolute Gasteiger partial charge is 0.507 e. The molecule has 0 saturated heterocycles. The van der Waals surface area contributed by atoms with Gasteiger partial charge in [-0.3, -0.25) is 14.4 Å². The summed E-state index contributed by atoms with van der Waals surface area (Å²) in [6, 6.07) is 7.72. The minimum Gasteiger partial charge on any atom is -0.507 e. The van der Waals surface area contributed by atoms with Gasteiger partial charge in [0.15, 0.2) is 11.6 Å². The Bertz CT molecular complexity index is 891. The molecule has 24 heavy (non-hydrogen) atoms. The number of carbonyl (C=O) groups is 3. The van der Waals surface area contributed by atoms with Crippen molar-refractivity contribution >= 4 is 39.2 Å². The summed E-state index contributed by atoms with van der Waals surface area (Å²) < 4.78 is 0.379. The van der Waals surface area contributed by atoms with E-state index in [1.165, 1.54) is 12.1 Å². The van der Waals surface area contributed by atoms with Gasteiger partial charge < -0.3 is 15.5 Å². The van der Waals surface area contributed by atoms with Crippen LogP contribution < -0.4 is 5.32 Å². The van der Waals surface area contributed by atoms with E-state index in [4.69, 9.17) is 5.11 Å². The van der Waals surface area contributed by atoms with Crippen molar-refractivity contribution in [1.29, 1.82) is 0 Å². The molecule has 122 valence electrons. The second kappa shape index (κ2) is 6.09. The fourth-order valence-corrected chi connectivity index (χ4v) is 3.26. The molecule has 0 aliphatic heterocycles. The third-order valence-corrected chi connectivity index (χ3v) is 4.39. The number of carboxylic acid groups (broad SMARTS) is 1. The van der Waals surface area contributed by atoms with Crippen molar-refractivity contribution < 1.29 is 24.6 Å². The summed E-state index contributed by atoms with van der Waals surface area (Å²) in [7, 11) is 0. The van der Waals surface area contributed by atoms with Gasteiger partial charge in [0.25, 0.3) is 0 Å². The molecule has 0 fully saturated rings. The summed E-state index contributed by atoms with van der Waals surface area (Å²) in [5.41, 5.74) is 0.783. The molecule has 0 spiro atoms. The first-order valence-corrected chi connectivity index (χ1v) is 7.90. The standard InChI is InChI=1S/C17H12BrNO5/c18-10-7-11(20)13-14(15(10)19-6-5-12(21)22)17(24)9-4-2-1-3-8(9)16(13)23/h1-4,7,19-20H,5-6H2,(H,21,22). The molecule has 3 N–H and O–H groups in total. The number of carbonyl (C=O) groups excluding carboxylic acids is 2. The second-order valence-corrected chi connectivity index (χ2v) is 6.13. The molecule has 0 unspecified atom stereocenters. The number of benzene rings is 2. The summed E-state index contributed by atoms with van der Waals surface area (Å²) in [6.07, 6.45) is -0.152. The van der Waals surface area contributed by atoms with E-state index in [0.717, 1.165) is 0 Å². The molecule has 0 heterocycles. The van der Waals surface area contributed by atoms with E-state index < -0.39 is 17.5 Å².